The van der Waals surface area contributed by atoms with Crippen molar-refractivity contribution in [1.29, 1.82) is 0 Å². The summed E-state index contributed by atoms with van der Waals surface area (Å²) in [7, 11) is 0. The van der Waals surface area contributed by atoms with Crippen LogP contribution >= 0.6 is 11.3 Å². The molecule has 0 radical (unpaired) electrons. The van der Waals surface area contributed by atoms with Gasteiger partial charge in [-0.2, -0.15) is 0 Å². The first kappa shape index (κ1) is 20.0. The molecule has 0 saturated carbocycles. The summed E-state index contributed by atoms with van der Waals surface area (Å²) >= 11 is 1.00. The van der Waals surface area contributed by atoms with Gasteiger partial charge >= 0.3 is 5.97 Å². The third kappa shape index (κ3) is 5.17. The molecule has 9 heteroatoms. The maximum atomic E-state index is 12.1. The van der Waals surface area contributed by atoms with E-state index in [0.717, 1.165) is 11.3 Å². The van der Waals surface area contributed by atoms with Crippen LogP contribution in [0.3, 0.4) is 0 Å². The lowest BCUT2D eigenvalue weighted by molar-refractivity contribution is -0.119. The Bertz CT molecular complexity index is 1050. The molecule has 2 heterocycles. The molecule has 3 aromatic rings. The number of para-hydroxylation sites is 1. The zero-order valence-corrected chi connectivity index (χ0v) is 16.1. The van der Waals surface area contributed by atoms with Crippen molar-refractivity contribution >= 4 is 45.6 Å². The Morgan fingerprint density at radius 3 is 2.52 bits per heavy atom. The first-order valence-corrected chi connectivity index (χ1v) is 9.27. The van der Waals surface area contributed by atoms with Gasteiger partial charge in [0.2, 0.25) is 0 Å². The predicted octanol–water partition coefficient (Wildman–Crippen LogP) is 3.59. The topological polar surface area (TPSA) is 115 Å². The van der Waals surface area contributed by atoms with Crippen molar-refractivity contribution in [2.24, 2.45) is 0 Å². The smallest absolute Gasteiger partial charge is 0.348 e. The Morgan fingerprint density at radius 1 is 1.00 bits per heavy atom. The van der Waals surface area contributed by atoms with Gasteiger partial charge in [0.05, 0.1) is 17.0 Å². The Hall–Kier alpha value is -3.72. The minimum absolute atomic E-state index is 0.144. The lowest BCUT2D eigenvalue weighted by Crippen LogP contribution is -2.21. The highest BCUT2D eigenvalue weighted by Gasteiger charge is 2.16. The van der Waals surface area contributed by atoms with Gasteiger partial charge in [0.1, 0.15) is 4.88 Å². The van der Waals surface area contributed by atoms with E-state index < -0.39 is 24.4 Å². The molecule has 0 bridgehead atoms. The molecule has 0 atom stereocenters. The van der Waals surface area contributed by atoms with Crippen molar-refractivity contribution in [3.05, 3.63) is 71.0 Å². The normalized spacial score (nSPS) is 10.2. The zero-order chi connectivity index (χ0) is 20.8. The Kier molecular flexibility index (Phi) is 6.20. The van der Waals surface area contributed by atoms with Crippen LogP contribution in [0.4, 0.5) is 10.7 Å². The van der Waals surface area contributed by atoms with Crippen LogP contribution in [0, 0.1) is 0 Å². The van der Waals surface area contributed by atoms with Crippen LogP contribution < -0.4 is 10.6 Å². The fraction of sp³-hybridized carbons (Fsp3) is 0.100. The largest absolute Gasteiger partial charge is 0.459 e. The molecule has 0 aliphatic heterocycles. The van der Waals surface area contributed by atoms with Gasteiger partial charge in [-0.05, 0) is 43.3 Å². The number of ketones is 1. The highest BCUT2D eigenvalue weighted by atomic mass is 32.1. The van der Waals surface area contributed by atoms with Gasteiger partial charge in [0, 0.05) is 5.56 Å². The maximum Gasteiger partial charge on any atom is 0.348 e. The fourth-order valence-electron chi connectivity index (χ4n) is 2.38. The third-order valence-electron chi connectivity index (χ3n) is 3.70. The van der Waals surface area contributed by atoms with E-state index in [4.69, 9.17) is 9.15 Å². The van der Waals surface area contributed by atoms with Gasteiger partial charge in [0.25, 0.3) is 11.8 Å². The summed E-state index contributed by atoms with van der Waals surface area (Å²) in [4.78, 5) is 47.9. The predicted molar refractivity (Wildman–Crippen MR) is 106 cm³/mol. The summed E-state index contributed by atoms with van der Waals surface area (Å²) in [5.41, 5.74) is 0.711. The van der Waals surface area contributed by atoms with Gasteiger partial charge in [0.15, 0.2) is 18.2 Å². The van der Waals surface area contributed by atoms with Crippen LogP contribution in [0.25, 0.3) is 0 Å². The summed E-state index contributed by atoms with van der Waals surface area (Å²) in [6.07, 6.45) is 1.38. The zero-order valence-electron chi connectivity index (χ0n) is 15.3. The minimum atomic E-state index is -0.705. The first-order chi connectivity index (χ1) is 13.9. The quantitative estimate of drug-likeness (QED) is 0.453. The van der Waals surface area contributed by atoms with Gasteiger partial charge in [-0.15, -0.1) is 11.3 Å². The lowest BCUT2D eigenvalue weighted by atomic mass is 10.1. The van der Waals surface area contributed by atoms with E-state index in [2.05, 4.69) is 10.6 Å². The molecule has 2 N–H and O–H groups in total. The monoisotopic (exact) mass is 412 g/mol. The van der Waals surface area contributed by atoms with Gasteiger partial charge in [-0.25, -0.2) is 4.79 Å². The second kappa shape index (κ2) is 8.98. The molecule has 0 aliphatic carbocycles. The molecule has 0 spiro atoms. The summed E-state index contributed by atoms with van der Waals surface area (Å²) in [6.45, 7) is 0.876. The lowest BCUT2D eigenvalue weighted by Gasteiger charge is -2.09. The van der Waals surface area contributed by atoms with Crippen LogP contribution in [-0.4, -0.2) is 30.2 Å². The molecule has 0 unspecified atom stereocenters. The fourth-order valence-corrected chi connectivity index (χ4v) is 3.18. The average molecular weight is 412 g/mol. The maximum absolute atomic E-state index is 12.1. The summed E-state index contributed by atoms with van der Waals surface area (Å²) < 4.78 is 9.99. The average Bonchev–Trinajstić information content (AvgIpc) is 3.38. The SMILES string of the molecule is CC(=O)c1ccccc1NC(=O)COC(=O)c1ccc(NC(=O)c2ccco2)s1. The molecule has 0 aliphatic rings. The Balaban J connectivity index is 1.53. The van der Waals surface area contributed by atoms with Crippen molar-refractivity contribution in [3.63, 3.8) is 0 Å². The number of carbonyl (C=O) groups excluding carboxylic acids is 4. The first-order valence-electron chi connectivity index (χ1n) is 8.45. The van der Waals surface area contributed by atoms with Crippen molar-refractivity contribution in [2.75, 3.05) is 17.2 Å². The number of ether oxygens (including phenoxy) is 1. The van der Waals surface area contributed by atoms with E-state index in [1.807, 2.05) is 0 Å². The Morgan fingerprint density at radius 2 is 1.79 bits per heavy atom. The van der Waals surface area contributed by atoms with Gasteiger partial charge in [-0.3, -0.25) is 14.4 Å². The number of hydrogen-bond acceptors (Lipinski definition) is 7. The van der Waals surface area contributed by atoms with Crippen LogP contribution in [0.2, 0.25) is 0 Å². The highest BCUT2D eigenvalue weighted by Crippen LogP contribution is 2.23. The molecular formula is C20H16N2O6S. The molecule has 1 aromatic carbocycles. The molecule has 2 amide bonds. The Labute approximate surface area is 169 Å². The number of carbonyl (C=O) groups is 4. The number of anilines is 2. The van der Waals surface area contributed by atoms with Crippen LogP contribution in [0.1, 0.15) is 37.5 Å². The van der Waals surface area contributed by atoms with Crippen molar-refractivity contribution in [1.82, 2.24) is 0 Å². The molecule has 2 aromatic heterocycles. The van der Waals surface area contributed by atoms with E-state index >= 15 is 0 Å². The van der Waals surface area contributed by atoms with E-state index in [1.165, 1.54) is 25.3 Å². The standard InChI is InChI=1S/C20H16N2O6S/c1-12(23)13-5-2-3-6-14(13)21-17(24)11-28-20(26)16-8-9-18(29-16)22-19(25)15-7-4-10-27-15/h2-10H,11H2,1H3,(H,21,24)(H,22,25). The second-order valence-corrected chi connectivity index (χ2v) is 6.91. The number of furan rings is 1. The molecule has 148 valence electrons. The van der Waals surface area contributed by atoms with Crippen molar-refractivity contribution < 1.29 is 28.3 Å². The van der Waals surface area contributed by atoms with Crippen LogP contribution in [0.5, 0.6) is 0 Å². The number of thiophene rings is 1. The van der Waals surface area contributed by atoms with Gasteiger partial charge < -0.3 is 19.8 Å². The van der Waals surface area contributed by atoms with E-state index in [-0.39, 0.29) is 16.4 Å². The molecule has 8 nitrogen and oxygen atoms in total. The van der Waals surface area contributed by atoms with E-state index in [0.29, 0.717) is 16.3 Å². The van der Waals surface area contributed by atoms with E-state index in [1.54, 1.807) is 36.4 Å². The number of Topliss-reactive ketones (excluding diaryl/α,β-unsaturated/α-hetero) is 1. The van der Waals surface area contributed by atoms with Crippen LogP contribution in [0.15, 0.2) is 59.2 Å². The number of esters is 1. The number of benzene rings is 1. The molecule has 0 fully saturated rings. The number of rotatable bonds is 7. The summed E-state index contributed by atoms with van der Waals surface area (Å²) in [6, 6.07) is 12.7. The number of nitrogens with one attached hydrogen (secondary N) is 2. The molecule has 0 saturated heterocycles. The van der Waals surface area contributed by atoms with Gasteiger partial charge in [-0.1, -0.05) is 12.1 Å². The third-order valence-corrected chi connectivity index (χ3v) is 4.68. The number of amides is 2. The van der Waals surface area contributed by atoms with E-state index in [9.17, 15) is 19.2 Å². The van der Waals surface area contributed by atoms with Crippen molar-refractivity contribution in [3.8, 4) is 0 Å². The second-order valence-electron chi connectivity index (χ2n) is 5.82. The molecule has 29 heavy (non-hydrogen) atoms. The molecular weight excluding hydrogens is 396 g/mol. The summed E-state index contributed by atoms with van der Waals surface area (Å²) in [5, 5.41) is 5.57. The summed E-state index contributed by atoms with van der Waals surface area (Å²) in [5.74, 6) is -1.77. The van der Waals surface area contributed by atoms with Crippen LogP contribution in [-0.2, 0) is 9.53 Å². The molecule has 3 rings (SSSR count). The minimum Gasteiger partial charge on any atom is -0.459 e. The number of hydrogen-bond donors (Lipinski definition) is 2. The highest BCUT2D eigenvalue weighted by molar-refractivity contribution is 7.18. The van der Waals surface area contributed by atoms with Crippen molar-refractivity contribution in [2.45, 2.75) is 6.92 Å².